The van der Waals surface area contributed by atoms with Gasteiger partial charge in [0.1, 0.15) is 0 Å². The maximum atomic E-state index is 8.27. The lowest BCUT2D eigenvalue weighted by Gasteiger charge is -2.11. The molecule has 0 aromatic carbocycles. The minimum Gasteiger partial charge on any atom is -0.354 e. The second kappa shape index (κ2) is 4.35. The summed E-state index contributed by atoms with van der Waals surface area (Å²) in [6.45, 7) is 0. The van der Waals surface area contributed by atoms with Crippen LogP contribution in [0.25, 0.3) is 0 Å². The molecule has 0 aliphatic rings. The maximum Gasteiger partial charge on any atom is 0.220 e. The fourth-order valence-corrected chi connectivity index (χ4v) is 0.417. The van der Waals surface area contributed by atoms with Crippen LogP contribution in [0.2, 0.25) is 0 Å². The molecule has 8 heavy (non-hydrogen) atoms. The van der Waals surface area contributed by atoms with Gasteiger partial charge in [0, 0.05) is 12.3 Å². The van der Waals surface area contributed by atoms with Gasteiger partial charge in [-0.15, -0.1) is 24.0 Å². The lowest BCUT2D eigenvalue weighted by Crippen LogP contribution is -2.39. The van der Waals surface area contributed by atoms with Gasteiger partial charge in [-0.3, -0.25) is 5.73 Å². The van der Waals surface area contributed by atoms with Gasteiger partial charge >= 0.3 is 0 Å². The molecule has 0 fully saturated rings. The van der Waals surface area contributed by atoms with Gasteiger partial charge in [-0.2, -0.15) is 0 Å². The second-order valence-corrected chi connectivity index (χ2v) is 1.70. The summed E-state index contributed by atoms with van der Waals surface area (Å²) < 4.78 is 0. The molecule has 0 bridgehead atoms. The van der Waals surface area contributed by atoms with Crippen molar-refractivity contribution in [2.24, 2.45) is 5.73 Å². The first kappa shape index (κ1) is 11.3. The zero-order chi connectivity index (χ0) is 5.91. The van der Waals surface area contributed by atoms with E-state index >= 15 is 0 Å². The number of rotatable bonds is 2. The van der Waals surface area contributed by atoms with Crippen molar-refractivity contribution in [3.63, 3.8) is 0 Å². The summed E-state index contributed by atoms with van der Waals surface area (Å²) >= 11 is 5.09. The first-order chi connectivity index (χ1) is 3.06. The number of hydrogen-bond donors (Lipinski definition) is 3. The summed E-state index contributed by atoms with van der Waals surface area (Å²) in [5.74, 6) is -1.93. The minimum atomic E-state index is -2.08. The Hall–Kier alpha value is 0.460. The van der Waals surface area contributed by atoms with Crippen LogP contribution in [-0.2, 0) is 0 Å². The molecule has 0 saturated heterocycles. The lowest BCUT2D eigenvalue weighted by atomic mass is 10.4. The Labute approximate surface area is 58.9 Å². The molecule has 0 heterocycles. The average molecular weight is 162 g/mol. The Kier molecular flexibility index (Phi) is 6.13. The van der Waals surface area contributed by atoms with Crippen LogP contribution in [0.3, 0.4) is 0 Å². The highest BCUT2D eigenvalue weighted by molar-refractivity contribution is 6.17. The van der Waals surface area contributed by atoms with Crippen molar-refractivity contribution in [3.8, 4) is 0 Å². The first-order valence-corrected chi connectivity index (χ1v) is 2.39. The fourth-order valence-electron chi connectivity index (χ4n) is 0.139. The van der Waals surface area contributed by atoms with Gasteiger partial charge in [-0.05, 0) is 0 Å². The van der Waals surface area contributed by atoms with Crippen molar-refractivity contribution in [1.82, 2.24) is 0 Å². The maximum absolute atomic E-state index is 8.27. The van der Waals surface area contributed by atoms with Crippen molar-refractivity contribution in [1.29, 1.82) is 0 Å². The summed E-state index contributed by atoms with van der Waals surface area (Å²) in [5, 5.41) is 16.5. The minimum absolute atomic E-state index is 0. The molecule has 0 rings (SSSR count). The van der Waals surface area contributed by atoms with E-state index in [-0.39, 0.29) is 24.7 Å². The number of aliphatic hydroxyl groups is 2. The van der Waals surface area contributed by atoms with Crippen molar-refractivity contribution in [2.75, 3.05) is 5.88 Å². The van der Waals surface area contributed by atoms with Gasteiger partial charge < -0.3 is 10.2 Å². The predicted molar refractivity (Wildman–Crippen MR) is 33.9 cm³/mol. The zero-order valence-electron chi connectivity index (χ0n) is 4.17. The van der Waals surface area contributed by atoms with Gasteiger partial charge in [-0.25, -0.2) is 0 Å². The van der Waals surface area contributed by atoms with E-state index in [4.69, 9.17) is 21.8 Å². The first-order valence-electron chi connectivity index (χ1n) is 1.86. The van der Waals surface area contributed by atoms with E-state index in [9.17, 15) is 0 Å². The molecule has 52 valence electrons. The van der Waals surface area contributed by atoms with Crippen LogP contribution in [0.1, 0.15) is 6.42 Å². The summed E-state index contributed by atoms with van der Waals surface area (Å²) in [7, 11) is 0. The van der Waals surface area contributed by atoms with Crippen molar-refractivity contribution in [2.45, 2.75) is 12.3 Å². The Morgan fingerprint density at radius 3 is 1.88 bits per heavy atom. The SMILES string of the molecule is Cl.NC(O)(O)CCCl. The van der Waals surface area contributed by atoms with E-state index in [1.165, 1.54) is 0 Å². The van der Waals surface area contributed by atoms with Crippen LogP contribution in [0, 0.1) is 0 Å². The Morgan fingerprint density at radius 1 is 1.50 bits per heavy atom. The van der Waals surface area contributed by atoms with Gasteiger partial charge in [0.05, 0.1) is 0 Å². The lowest BCUT2D eigenvalue weighted by molar-refractivity contribution is -0.155. The van der Waals surface area contributed by atoms with Crippen molar-refractivity contribution >= 4 is 24.0 Å². The molecule has 0 saturated carbocycles. The highest BCUT2D eigenvalue weighted by Gasteiger charge is 2.12. The summed E-state index contributed by atoms with van der Waals surface area (Å²) in [4.78, 5) is 0. The summed E-state index contributed by atoms with van der Waals surface area (Å²) in [6.07, 6.45) is -0.00540. The van der Waals surface area contributed by atoms with Gasteiger partial charge in [0.25, 0.3) is 0 Å². The van der Waals surface area contributed by atoms with E-state index in [1.807, 2.05) is 0 Å². The molecule has 4 N–H and O–H groups in total. The Balaban J connectivity index is 0. The molecule has 3 nitrogen and oxygen atoms in total. The second-order valence-electron chi connectivity index (χ2n) is 1.32. The van der Waals surface area contributed by atoms with Gasteiger partial charge in [0.15, 0.2) is 0 Å². The molecule has 0 aliphatic carbocycles. The van der Waals surface area contributed by atoms with E-state index in [0.717, 1.165) is 0 Å². The Bertz CT molecular complexity index is 53.7. The highest BCUT2D eigenvalue weighted by Crippen LogP contribution is 1.96. The van der Waals surface area contributed by atoms with E-state index in [0.29, 0.717) is 0 Å². The van der Waals surface area contributed by atoms with E-state index in [1.54, 1.807) is 0 Å². The topological polar surface area (TPSA) is 66.5 Å². The zero-order valence-corrected chi connectivity index (χ0v) is 5.74. The number of nitrogens with two attached hydrogens (primary N) is 1. The normalized spacial score (nSPS) is 10.5. The van der Waals surface area contributed by atoms with Crippen LogP contribution in [-0.4, -0.2) is 22.0 Å². The van der Waals surface area contributed by atoms with Crippen LogP contribution in [0.4, 0.5) is 0 Å². The highest BCUT2D eigenvalue weighted by atomic mass is 35.5. The fraction of sp³-hybridized carbons (Fsp3) is 1.00. The largest absolute Gasteiger partial charge is 0.354 e. The van der Waals surface area contributed by atoms with Crippen LogP contribution < -0.4 is 5.73 Å². The van der Waals surface area contributed by atoms with E-state index < -0.39 is 5.91 Å². The molecule has 5 heteroatoms. The third-order valence-corrected chi connectivity index (χ3v) is 0.651. The molecule has 0 aromatic heterocycles. The number of alkyl halides is 1. The van der Waals surface area contributed by atoms with Crippen LogP contribution in [0.5, 0.6) is 0 Å². The van der Waals surface area contributed by atoms with Gasteiger partial charge in [-0.1, -0.05) is 0 Å². The molecule has 0 atom stereocenters. The molecule has 0 unspecified atom stereocenters. The number of hydrogen-bond acceptors (Lipinski definition) is 3. The molecular weight excluding hydrogens is 153 g/mol. The molecule has 0 aromatic rings. The Morgan fingerprint density at radius 2 is 1.88 bits per heavy atom. The van der Waals surface area contributed by atoms with Crippen LogP contribution >= 0.6 is 24.0 Å². The van der Waals surface area contributed by atoms with Gasteiger partial charge in [0.2, 0.25) is 5.91 Å². The third-order valence-electron chi connectivity index (χ3n) is 0.462. The van der Waals surface area contributed by atoms with E-state index in [2.05, 4.69) is 5.73 Å². The average Bonchev–Trinajstić information content (AvgIpc) is 1.30. The molecule has 0 radical (unpaired) electrons. The quantitative estimate of drug-likeness (QED) is 0.383. The van der Waals surface area contributed by atoms with Crippen molar-refractivity contribution < 1.29 is 10.2 Å². The third kappa shape index (κ3) is 9.68. The monoisotopic (exact) mass is 161 g/mol. The molecule has 0 spiro atoms. The molecule has 0 aliphatic heterocycles. The molecule has 0 amide bonds. The molecular formula is C3H9Cl2NO2. The van der Waals surface area contributed by atoms with Crippen molar-refractivity contribution in [3.05, 3.63) is 0 Å². The standard InChI is InChI=1S/C3H8ClNO2.ClH/c4-2-1-3(5,6)7;/h6-7H,1-2,5H2;1H. The summed E-state index contributed by atoms with van der Waals surface area (Å²) in [5.41, 5.74) is 4.67. The predicted octanol–water partition coefficient (Wildman–Crippen LogP) is -0.366. The van der Waals surface area contributed by atoms with Crippen LogP contribution in [0.15, 0.2) is 0 Å². The summed E-state index contributed by atoms with van der Waals surface area (Å²) in [6, 6.07) is 0. The smallest absolute Gasteiger partial charge is 0.220 e. The number of halogens is 2.